The van der Waals surface area contributed by atoms with Crippen LogP contribution < -0.4 is 15.4 Å². The third kappa shape index (κ3) is 4.16. The molecule has 26 heavy (non-hydrogen) atoms. The molecule has 1 heterocycles. The van der Waals surface area contributed by atoms with Crippen molar-refractivity contribution in [1.82, 2.24) is 0 Å². The summed E-state index contributed by atoms with van der Waals surface area (Å²) >= 11 is 7.03. The SMILES string of the molecule is CCOC(=O)c1c(NC(=S)Nc2ccc(OC)cc2)sc2c1CCCC2. The molecule has 0 saturated heterocycles. The topological polar surface area (TPSA) is 59.6 Å². The molecule has 7 heteroatoms. The Morgan fingerprint density at radius 1 is 1.19 bits per heavy atom. The van der Waals surface area contributed by atoms with Crippen LogP contribution >= 0.6 is 23.6 Å². The normalized spacial score (nSPS) is 12.8. The molecule has 0 unspecified atom stereocenters. The molecule has 1 aliphatic carbocycles. The number of hydrogen-bond acceptors (Lipinski definition) is 5. The Bertz CT molecular complexity index is 800. The number of carbonyl (C=O) groups is 1. The summed E-state index contributed by atoms with van der Waals surface area (Å²) in [6, 6.07) is 7.49. The van der Waals surface area contributed by atoms with Crippen LogP contribution in [-0.2, 0) is 17.6 Å². The molecule has 1 aromatic heterocycles. The van der Waals surface area contributed by atoms with Gasteiger partial charge in [-0.15, -0.1) is 11.3 Å². The minimum absolute atomic E-state index is 0.276. The lowest BCUT2D eigenvalue weighted by Crippen LogP contribution is -2.20. The zero-order valence-corrected chi connectivity index (χ0v) is 16.5. The summed E-state index contributed by atoms with van der Waals surface area (Å²) in [5, 5.41) is 7.54. The van der Waals surface area contributed by atoms with Gasteiger partial charge in [-0.1, -0.05) is 0 Å². The van der Waals surface area contributed by atoms with Gasteiger partial charge in [0, 0.05) is 10.6 Å². The van der Waals surface area contributed by atoms with Crippen LogP contribution in [-0.4, -0.2) is 24.8 Å². The molecule has 1 aliphatic rings. The summed E-state index contributed by atoms with van der Waals surface area (Å²) in [5.41, 5.74) is 2.61. The fourth-order valence-electron chi connectivity index (χ4n) is 3.01. The molecular weight excluding hydrogens is 368 g/mol. The van der Waals surface area contributed by atoms with Crippen molar-refractivity contribution in [3.05, 3.63) is 40.3 Å². The van der Waals surface area contributed by atoms with Crippen LogP contribution in [0, 0.1) is 0 Å². The van der Waals surface area contributed by atoms with E-state index in [1.165, 1.54) is 4.88 Å². The van der Waals surface area contributed by atoms with E-state index in [-0.39, 0.29) is 5.97 Å². The van der Waals surface area contributed by atoms with E-state index in [0.29, 0.717) is 17.3 Å². The molecule has 0 bridgehead atoms. The van der Waals surface area contributed by atoms with E-state index in [1.807, 2.05) is 31.2 Å². The van der Waals surface area contributed by atoms with Gasteiger partial charge < -0.3 is 20.1 Å². The van der Waals surface area contributed by atoms with Crippen molar-refractivity contribution in [3.63, 3.8) is 0 Å². The number of rotatable bonds is 5. The molecule has 2 N–H and O–H groups in total. The van der Waals surface area contributed by atoms with Gasteiger partial charge in [-0.3, -0.25) is 0 Å². The number of ether oxygens (including phenoxy) is 2. The minimum Gasteiger partial charge on any atom is -0.497 e. The number of esters is 1. The number of fused-ring (bicyclic) bond motifs is 1. The van der Waals surface area contributed by atoms with Crippen molar-refractivity contribution in [2.24, 2.45) is 0 Å². The maximum Gasteiger partial charge on any atom is 0.341 e. The van der Waals surface area contributed by atoms with Gasteiger partial charge in [0.2, 0.25) is 0 Å². The second-order valence-electron chi connectivity index (χ2n) is 5.94. The van der Waals surface area contributed by atoms with Crippen molar-refractivity contribution in [2.45, 2.75) is 32.6 Å². The number of thiocarbonyl (C=S) groups is 1. The Labute approximate surface area is 162 Å². The molecule has 0 amide bonds. The number of methoxy groups -OCH3 is 1. The molecule has 2 aromatic rings. The minimum atomic E-state index is -0.276. The monoisotopic (exact) mass is 390 g/mol. The predicted octanol–water partition coefficient (Wildman–Crippen LogP) is 4.62. The Morgan fingerprint density at radius 3 is 2.62 bits per heavy atom. The highest BCUT2D eigenvalue weighted by atomic mass is 32.1. The summed E-state index contributed by atoms with van der Waals surface area (Å²) in [7, 11) is 1.63. The number of benzene rings is 1. The highest BCUT2D eigenvalue weighted by Crippen LogP contribution is 2.38. The van der Waals surface area contributed by atoms with Crippen molar-refractivity contribution in [3.8, 4) is 5.75 Å². The average Bonchev–Trinajstić information content (AvgIpc) is 3.00. The highest BCUT2D eigenvalue weighted by molar-refractivity contribution is 7.80. The predicted molar refractivity (Wildman–Crippen MR) is 110 cm³/mol. The second kappa shape index (κ2) is 8.51. The molecular formula is C19H22N2O3S2. The zero-order valence-electron chi connectivity index (χ0n) is 14.9. The van der Waals surface area contributed by atoms with Crippen molar-refractivity contribution in [1.29, 1.82) is 0 Å². The van der Waals surface area contributed by atoms with Crippen molar-refractivity contribution >= 4 is 45.3 Å². The van der Waals surface area contributed by atoms with E-state index in [9.17, 15) is 4.79 Å². The standard InChI is InChI=1S/C19H22N2O3S2/c1-3-24-18(22)16-14-6-4-5-7-15(14)26-17(16)21-19(25)20-12-8-10-13(23-2)11-9-12/h8-11H,3-7H2,1-2H3,(H2,20,21,25). The molecule has 5 nitrogen and oxygen atoms in total. The summed E-state index contributed by atoms with van der Waals surface area (Å²) in [6.45, 7) is 2.18. The van der Waals surface area contributed by atoms with Crippen LogP contribution in [0.1, 0.15) is 40.6 Å². The molecule has 0 saturated carbocycles. The maximum atomic E-state index is 12.5. The fourth-order valence-corrected chi connectivity index (χ4v) is 4.58. The Hall–Kier alpha value is -2.12. The van der Waals surface area contributed by atoms with Gasteiger partial charge in [0.1, 0.15) is 10.8 Å². The lowest BCUT2D eigenvalue weighted by Gasteiger charge is -2.13. The third-order valence-corrected chi connectivity index (χ3v) is 5.64. The Balaban J connectivity index is 1.78. The number of anilines is 2. The van der Waals surface area contributed by atoms with Crippen LogP contribution in [0.5, 0.6) is 5.75 Å². The Morgan fingerprint density at radius 2 is 1.92 bits per heavy atom. The molecule has 0 spiro atoms. The van der Waals surface area contributed by atoms with Gasteiger partial charge in [0.25, 0.3) is 0 Å². The van der Waals surface area contributed by atoms with E-state index < -0.39 is 0 Å². The van der Waals surface area contributed by atoms with Gasteiger partial charge in [-0.25, -0.2) is 4.79 Å². The quantitative estimate of drug-likeness (QED) is 0.574. The van der Waals surface area contributed by atoms with Gasteiger partial charge in [-0.05, 0) is 74.7 Å². The zero-order chi connectivity index (χ0) is 18.5. The van der Waals surface area contributed by atoms with E-state index in [0.717, 1.165) is 47.7 Å². The summed E-state index contributed by atoms with van der Waals surface area (Å²) in [5.74, 6) is 0.506. The van der Waals surface area contributed by atoms with Gasteiger partial charge in [0.15, 0.2) is 5.11 Å². The summed E-state index contributed by atoms with van der Waals surface area (Å²) in [4.78, 5) is 13.7. The van der Waals surface area contributed by atoms with E-state index in [2.05, 4.69) is 10.6 Å². The lowest BCUT2D eigenvalue weighted by atomic mass is 9.95. The van der Waals surface area contributed by atoms with E-state index >= 15 is 0 Å². The first kappa shape index (κ1) is 18.7. The average molecular weight is 391 g/mol. The number of nitrogens with one attached hydrogen (secondary N) is 2. The summed E-state index contributed by atoms with van der Waals surface area (Å²) in [6.07, 6.45) is 4.18. The second-order valence-corrected chi connectivity index (χ2v) is 7.46. The molecule has 0 aliphatic heterocycles. The summed E-state index contributed by atoms with van der Waals surface area (Å²) < 4.78 is 10.4. The molecule has 1 aromatic carbocycles. The number of carbonyl (C=O) groups excluding carboxylic acids is 1. The Kier molecular flexibility index (Phi) is 6.11. The molecule has 3 rings (SSSR count). The largest absolute Gasteiger partial charge is 0.497 e. The molecule has 0 radical (unpaired) electrons. The van der Waals surface area contributed by atoms with Crippen LogP contribution in [0.25, 0.3) is 0 Å². The van der Waals surface area contributed by atoms with Crippen LogP contribution in [0.3, 0.4) is 0 Å². The van der Waals surface area contributed by atoms with Gasteiger partial charge in [0.05, 0.1) is 19.3 Å². The molecule has 138 valence electrons. The van der Waals surface area contributed by atoms with E-state index in [4.69, 9.17) is 21.7 Å². The number of aryl methyl sites for hydroxylation is 1. The fraction of sp³-hybridized carbons (Fsp3) is 0.368. The number of thiophene rings is 1. The lowest BCUT2D eigenvalue weighted by molar-refractivity contribution is 0.0526. The maximum absolute atomic E-state index is 12.5. The number of hydrogen-bond donors (Lipinski definition) is 2. The van der Waals surface area contributed by atoms with E-state index in [1.54, 1.807) is 18.4 Å². The highest BCUT2D eigenvalue weighted by Gasteiger charge is 2.26. The van der Waals surface area contributed by atoms with Gasteiger partial charge >= 0.3 is 5.97 Å². The first-order valence-corrected chi connectivity index (χ1v) is 9.88. The van der Waals surface area contributed by atoms with Crippen LogP contribution in [0.15, 0.2) is 24.3 Å². The first-order chi connectivity index (χ1) is 12.6. The molecule has 0 fully saturated rings. The first-order valence-electron chi connectivity index (χ1n) is 8.66. The van der Waals surface area contributed by atoms with Crippen LogP contribution in [0.4, 0.5) is 10.7 Å². The molecule has 0 atom stereocenters. The smallest absolute Gasteiger partial charge is 0.341 e. The van der Waals surface area contributed by atoms with Crippen LogP contribution in [0.2, 0.25) is 0 Å². The van der Waals surface area contributed by atoms with Gasteiger partial charge in [-0.2, -0.15) is 0 Å². The third-order valence-electron chi connectivity index (χ3n) is 4.23. The van der Waals surface area contributed by atoms with Crippen molar-refractivity contribution < 1.29 is 14.3 Å². The van der Waals surface area contributed by atoms with Crippen molar-refractivity contribution in [2.75, 3.05) is 24.4 Å².